The molecule has 2 atom stereocenters. The van der Waals surface area contributed by atoms with Gasteiger partial charge in [0.15, 0.2) is 18.1 Å². The molecule has 22 heavy (non-hydrogen) atoms. The SMILES string of the molecule is NCCC(N)OC(=O)c1cccnc1C(=O)OC(N)CCN. The maximum atomic E-state index is 12.0. The molecule has 9 nitrogen and oxygen atoms in total. The lowest BCUT2D eigenvalue weighted by Crippen LogP contribution is -2.32. The highest BCUT2D eigenvalue weighted by atomic mass is 16.6. The molecule has 9 heteroatoms. The van der Waals surface area contributed by atoms with Crippen LogP contribution in [0.3, 0.4) is 0 Å². The van der Waals surface area contributed by atoms with Crippen molar-refractivity contribution in [3.63, 3.8) is 0 Å². The van der Waals surface area contributed by atoms with Crippen molar-refractivity contribution in [2.75, 3.05) is 13.1 Å². The smallest absolute Gasteiger partial charge is 0.359 e. The third kappa shape index (κ3) is 5.37. The summed E-state index contributed by atoms with van der Waals surface area (Å²) in [6.45, 7) is 0.532. The molecule has 1 rings (SSSR count). The molecule has 0 aliphatic carbocycles. The molecule has 1 heterocycles. The number of nitrogens with zero attached hydrogens (tertiary/aromatic N) is 1. The second-order valence-electron chi connectivity index (χ2n) is 4.44. The molecule has 0 amide bonds. The van der Waals surface area contributed by atoms with Crippen LogP contribution in [0.2, 0.25) is 0 Å². The minimum atomic E-state index is -0.872. The van der Waals surface area contributed by atoms with Crippen molar-refractivity contribution in [2.24, 2.45) is 22.9 Å². The monoisotopic (exact) mass is 311 g/mol. The zero-order chi connectivity index (χ0) is 16.5. The van der Waals surface area contributed by atoms with Crippen molar-refractivity contribution in [3.8, 4) is 0 Å². The van der Waals surface area contributed by atoms with Gasteiger partial charge in [0.05, 0.1) is 5.56 Å². The predicted molar refractivity (Wildman–Crippen MR) is 78.4 cm³/mol. The largest absolute Gasteiger partial charge is 0.443 e. The van der Waals surface area contributed by atoms with Crippen molar-refractivity contribution < 1.29 is 19.1 Å². The molecular formula is C13H21N5O4. The summed E-state index contributed by atoms with van der Waals surface area (Å²) >= 11 is 0. The van der Waals surface area contributed by atoms with Gasteiger partial charge in [-0.25, -0.2) is 14.6 Å². The Labute approximate surface area is 127 Å². The van der Waals surface area contributed by atoms with Gasteiger partial charge in [0.25, 0.3) is 0 Å². The average Bonchev–Trinajstić information content (AvgIpc) is 2.47. The zero-order valence-electron chi connectivity index (χ0n) is 12.1. The third-order valence-electron chi connectivity index (χ3n) is 2.64. The lowest BCUT2D eigenvalue weighted by atomic mass is 10.2. The molecule has 0 bridgehead atoms. The van der Waals surface area contributed by atoms with Gasteiger partial charge in [-0.15, -0.1) is 0 Å². The van der Waals surface area contributed by atoms with Crippen LogP contribution < -0.4 is 22.9 Å². The van der Waals surface area contributed by atoms with Crippen LogP contribution in [0.4, 0.5) is 0 Å². The van der Waals surface area contributed by atoms with E-state index in [-0.39, 0.29) is 24.3 Å². The van der Waals surface area contributed by atoms with Gasteiger partial charge in [0.1, 0.15) is 0 Å². The summed E-state index contributed by atoms with van der Waals surface area (Å²) in [5.41, 5.74) is 21.5. The molecule has 0 radical (unpaired) electrons. The standard InChI is InChI=1S/C13H21N5O4/c14-5-3-9(16)21-12(19)8-2-1-7-18-11(8)13(20)22-10(17)4-6-15/h1-2,7,9-10H,3-6,14-17H2. The quantitative estimate of drug-likeness (QED) is 0.335. The van der Waals surface area contributed by atoms with Gasteiger partial charge in [0.2, 0.25) is 0 Å². The zero-order valence-corrected chi connectivity index (χ0v) is 12.1. The Morgan fingerprint density at radius 2 is 1.59 bits per heavy atom. The number of nitrogens with two attached hydrogens (primary N) is 4. The number of esters is 2. The van der Waals surface area contributed by atoms with Gasteiger partial charge in [-0.3, -0.25) is 11.5 Å². The topological polar surface area (TPSA) is 170 Å². The van der Waals surface area contributed by atoms with Gasteiger partial charge in [-0.2, -0.15) is 0 Å². The van der Waals surface area contributed by atoms with Crippen LogP contribution in [-0.2, 0) is 9.47 Å². The van der Waals surface area contributed by atoms with Crippen LogP contribution in [0.1, 0.15) is 33.7 Å². The lowest BCUT2D eigenvalue weighted by Gasteiger charge is -2.15. The molecule has 0 fully saturated rings. The van der Waals surface area contributed by atoms with Crippen LogP contribution >= 0.6 is 0 Å². The Hall–Kier alpha value is -2.07. The average molecular weight is 311 g/mol. The summed E-state index contributed by atoms with van der Waals surface area (Å²) < 4.78 is 9.94. The molecule has 1 aromatic heterocycles. The van der Waals surface area contributed by atoms with Crippen LogP contribution in [0.25, 0.3) is 0 Å². The maximum Gasteiger partial charge on any atom is 0.359 e. The van der Waals surface area contributed by atoms with E-state index >= 15 is 0 Å². The van der Waals surface area contributed by atoms with E-state index in [9.17, 15) is 9.59 Å². The highest BCUT2D eigenvalue weighted by Crippen LogP contribution is 2.11. The number of pyridine rings is 1. The molecule has 122 valence electrons. The number of aromatic nitrogens is 1. The van der Waals surface area contributed by atoms with E-state index < -0.39 is 24.4 Å². The summed E-state index contributed by atoms with van der Waals surface area (Å²) in [6.07, 6.45) is 0.207. The summed E-state index contributed by atoms with van der Waals surface area (Å²) in [7, 11) is 0. The third-order valence-corrected chi connectivity index (χ3v) is 2.64. The van der Waals surface area contributed by atoms with E-state index in [2.05, 4.69) is 4.98 Å². The fraction of sp³-hybridized carbons (Fsp3) is 0.462. The van der Waals surface area contributed by atoms with E-state index in [1.54, 1.807) is 0 Å². The fourth-order valence-electron chi connectivity index (χ4n) is 1.57. The van der Waals surface area contributed by atoms with E-state index in [0.717, 1.165) is 0 Å². The highest BCUT2D eigenvalue weighted by molar-refractivity contribution is 6.01. The second kappa shape index (κ2) is 9.05. The maximum absolute atomic E-state index is 12.0. The van der Waals surface area contributed by atoms with Crippen molar-refractivity contribution in [3.05, 3.63) is 29.6 Å². The van der Waals surface area contributed by atoms with E-state index in [4.69, 9.17) is 32.4 Å². The number of carbonyl (C=O) groups excluding carboxylic acids is 2. The first-order chi connectivity index (χ1) is 10.5. The van der Waals surface area contributed by atoms with Gasteiger partial charge >= 0.3 is 11.9 Å². The summed E-state index contributed by atoms with van der Waals surface area (Å²) in [5.74, 6) is -1.62. The molecular weight excluding hydrogens is 290 g/mol. The number of ether oxygens (including phenoxy) is 2. The van der Waals surface area contributed by atoms with E-state index in [0.29, 0.717) is 12.8 Å². The van der Waals surface area contributed by atoms with Crippen LogP contribution in [0.5, 0.6) is 0 Å². The second-order valence-corrected chi connectivity index (χ2v) is 4.44. The number of carbonyl (C=O) groups is 2. The van der Waals surface area contributed by atoms with Gasteiger partial charge < -0.3 is 20.9 Å². The van der Waals surface area contributed by atoms with Crippen LogP contribution in [0.15, 0.2) is 18.3 Å². The molecule has 0 saturated heterocycles. The molecule has 0 saturated carbocycles. The Morgan fingerprint density at radius 3 is 2.14 bits per heavy atom. The Bertz CT molecular complexity index is 466. The summed E-state index contributed by atoms with van der Waals surface area (Å²) in [5, 5.41) is 0. The van der Waals surface area contributed by atoms with Gasteiger partial charge in [-0.1, -0.05) is 0 Å². The van der Waals surface area contributed by atoms with Crippen molar-refractivity contribution in [2.45, 2.75) is 25.3 Å². The fourth-order valence-corrected chi connectivity index (χ4v) is 1.57. The molecule has 0 aliphatic rings. The van der Waals surface area contributed by atoms with Crippen molar-refractivity contribution >= 4 is 11.9 Å². The molecule has 1 aromatic rings. The minimum absolute atomic E-state index is 0.0556. The molecule has 0 aromatic carbocycles. The Kier molecular flexibility index (Phi) is 7.40. The first-order valence-electron chi connectivity index (χ1n) is 6.77. The number of hydrogen-bond donors (Lipinski definition) is 4. The normalized spacial score (nSPS) is 13.3. The van der Waals surface area contributed by atoms with E-state index in [1.807, 2.05) is 0 Å². The molecule has 8 N–H and O–H groups in total. The summed E-state index contributed by atoms with van der Waals surface area (Å²) in [4.78, 5) is 27.9. The minimum Gasteiger partial charge on any atom is -0.443 e. The first-order valence-corrected chi connectivity index (χ1v) is 6.77. The van der Waals surface area contributed by atoms with Crippen molar-refractivity contribution in [1.29, 1.82) is 0 Å². The Balaban J connectivity index is 2.84. The Morgan fingerprint density at radius 1 is 1.05 bits per heavy atom. The molecule has 2 unspecified atom stereocenters. The van der Waals surface area contributed by atoms with Gasteiger partial charge in [0, 0.05) is 19.0 Å². The number of rotatable bonds is 8. The van der Waals surface area contributed by atoms with Crippen LogP contribution in [0, 0.1) is 0 Å². The van der Waals surface area contributed by atoms with Crippen LogP contribution in [-0.4, -0.2) is 42.5 Å². The molecule has 0 aliphatic heterocycles. The predicted octanol–water partition coefficient (Wildman–Crippen LogP) is -1.34. The highest BCUT2D eigenvalue weighted by Gasteiger charge is 2.23. The number of hydrogen-bond acceptors (Lipinski definition) is 9. The van der Waals surface area contributed by atoms with Crippen molar-refractivity contribution in [1.82, 2.24) is 4.98 Å². The summed E-state index contributed by atoms with van der Waals surface area (Å²) in [6, 6.07) is 2.87. The van der Waals surface area contributed by atoms with Gasteiger partial charge in [-0.05, 0) is 25.2 Å². The van der Waals surface area contributed by atoms with E-state index in [1.165, 1.54) is 18.3 Å². The molecule has 0 spiro atoms. The first kappa shape index (κ1) is 18.0. The lowest BCUT2D eigenvalue weighted by molar-refractivity contribution is 0.0248.